The normalized spacial score (nSPS) is 15.7. The van der Waals surface area contributed by atoms with Gasteiger partial charge in [-0.05, 0) is 60.5 Å². The predicted molar refractivity (Wildman–Crippen MR) is 123 cm³/mol. The summed E-state index contributed by atoms with van der Waals surface area (Å²) in [5.74, 6) is -0.459. The van der Waals surface area contributed by atoms with Crippen LogP contribution >= 0.6 is 0 Å². The first kappa shape index (κ1) is 19.9. The third-order valence-electron chi connectivity index (χ3n) is 5.72. The molecule has 0 radical (unpaired) electrons. The molecule has 7 heteroatoms. The molecule has 162 valence electrons. The van der Waals surface area contributed by atoms with Gasteiger partial charge in [-0.1, -0.05) is 19.4 Å². The molecule has 0 fully saturated rings. The SMILES string of the molecule is CCC[C@@H]1Cc2cc(C)n(CC(=O)NCc3ccc4[nH]ccc4c3)c(=O)c2NC1=O.[HH].[HH].[HH]. The zero-order valence-electron chi connectivity index (χ0n) is 17.2. The number of carbonyl (C=O) groups is 2. The van der Waals surface area contributed by atoms with E-state index in [1.54, 1.807) is 0 Å². The summed E-state index contributed by atoms with van der Waals surface area (Å²) >= 11 is 0. The van der Waals surface area contributed by atoms with E-state index in [4.69, 9.17) is 0 Å². The summed E-state index contributed by atoms with van der Waals surface area (Å²) in [6, 6.07) is 9.84. The zero-order chi connectivity index (χ0) is 21.3. The van der Waals surface area contributed by atoms with E-state index < -0.39 is 0 Å². The lowest BCUT2D eigenvalue weighted by Gasteiger charge is -2.25. The fourth-order valence-electron chi connectivity index (χ4n) is 4.10. The first-order valence-electron chi connectivity index (χ1n) is 10.3. The Kier molecular flexibility index (Phi) is 5.44. The molecular formula is C23H32N4O3. The number of pyridine rings is 1. The molecule has 3 heterocycles. The first-order chi connectivity index (χ1) is 14.5. The Bertz CT molecular complexity index is 1190. The molecule has 1 aliphatic rings. The maximum Gasteiger partial charge on any atom is 0.275 e. The summed E-state index contributed by atoms with van der Waals surface area (Å²) in [5, 5.41) is 6.73. The standard InChI is InChI=1S/C23H26N4O3.3H2/c1-3-4-17-11-18-9-14(2)27(23(30)21(18)26-22(17)29)13-20(28)25-12-15-5-6-19-16(10-15)7-8-24-19;;;/h5-10,17,24H,3-4,11-13H2,1-2H3,(H,25,28)(H,26,29);3*1H/t17-;;;/m1.../s1. The molecule has 2 aromatic heterocycles. The second-order valence-corrected chi connectivity index (χ2v) is 7.93. The Morgan fingerprint density at radius 3 is 2.90 bits per heavy atom. The minimum Gasteiger partial charge on any atom is -0.361 e. The predicted octanol–water partition coefficient (Wildman–Crippen LogP) is 3.60. The fraction of sp³-hybridized carbons (Fsp3) is 0.348. The topological polar surface area (TPSA) is 96.0 Å². The number of nitrogens with one attached hydrogen (secondary N) is 3. The van der Waals surface area contributed by atoms with Crippen LogP contribution in [0.5, 0.6) is 0 Å². The Balaban J connectivity index is 0.00000181. The molecule has 0 unspecified atom stereocenters. The number of amides is 2. The van der Waals surface area contributed by atoms with Gasteiger partial charge in [-0.15, -0.1) is 0 Å². The average molecular weight is 413 g/mol. The number of hydrogen-bond acceptors (Lipinski definition) is 3. The minimum atomic E-state index is -0.322. The molecule has 0 saturated carbocycles. The largest absolute Gasteiger partial charge is 0.361 e. The van der Waals surface area contributed by atoms with Crippen LogP contribution in [0.25, 0.3) is 10.9 Å². The van der Waals surface area contributed by atoms with Crippen LogP contribution in [0.3, 0.4) is 0 Å². The summed E-state index contributed by atoms with van der Waals surface area (Å²) in [6.07, 6.45) is 4.16. The Morgan fingerprint density at radius 2 is 2.10 bits per heavy atom. The van der Waals surface area contributed by atoms with Crippen LogP contribution in [-0.4, -0.2) is 21.4 Å². The number of hydrogen-bond donors (Lipinski definition) is 3. The monoisotopic (exact) mass is 412 g/mol. The minimum absolute atomic E-state index is 0. The Morgan fingerprint density at radius 1 is 1.27 bits per heavy atom. The van der Waals surface area contributed by atoms with Crippen molar-refractivity contribution in [3.63, 3.8) is 0 Å². The highest BCUT2D eigenvalue weighted by molar-refractivity contribution is 5.95. The van der Waals surface area contributed by atoms with Crippen molar-refractivity contribution in [2.24, 2.45) is 5.92 Å². The van der Waals surface area contributed by atoms with E-state index >= 15 is 0 Å². The van der Waals surface area contributed by atoms with Crippen LogP contribution in [0.1, 0.15) is 40.9 Å². The number of aromatic amines is 1. The van der Waals surface area contributed by atoms with Crippen LogP contribution in [0.4, 0.5) is 5.69 Å². The fourth-order valence-corrected chi connectivity index (χ4v) is 4.10. The van der Waals surface area contributed by atoms with Crippen molar-refractivity contribution in [2.75, 3.05) is 5.32 Å². The molecule has 0 saturated heterocycles. The highest BCUT2D eigenvalue weighted by atomic mass is 16.2. The Hall–Kier alpha value is -3.35. The van der Waals surface area contributed by atoms with Crippen molar-refractivity contribution in [3.05, 3.63) is 63.7 Å². The van der Waals surface area contributed by atoms with Crippen molar-refractivity contribution in [3.8, 4) is 0 Å². The molecule has 7 nitrogen and oxygen atoms in total. The van der Waals surface area contributed by atoms with Gasteiger partial charge >= 0.3 is 0 Å². The van der Waals surface area contributed by atoms with Crippen molar-refractivity contribution < 1.29 is 13.9 Å². The van der Waals surface area contributed by atoms with Gasteiger partial charge in [-0.3, -0.25) is 14.4 Å². The van der Waals surface area contributed by atoms with E-state index in [0.717, 1.165) is 34.9 Å². The summed E-state index contributed by atoms with van der Waals surface area (Å²) in [7, 11) is 0. The lowest BCUT2D eigenvalue weighted by Crippen LogP contribution is -2.39. The molecule has 0 spiro atoms. The molecule has 1 aromatic carbocycles. The molecule has 1 atom stereocenters. The lowest BCUT2D eigenvalue weighted by atomic mass is 9.90. The van der Waals surface area contributed by atoms with Gasteiger partial charge in [-0.25, -0.2) is 0 Å². The van der Waals surface area contributed by atoms with Gasteiger partial charge in [0.2, 0.25) is 11.8 Å². The van der Waals surface area contributed by atoms with E-state index in [2.05, 4.69) is 15.6 Å². The maximum absolute atomic E-state index is 12.9. The number of anilines is 1. The molecule has 1 aliphatic heterocycles. The van der Waals surface area contributed by atoms with Crippen molar-refractivity contribution >= 4 is 28.4 Å². The average Bonchev–Trinajstić information content (AvgIpc) is 3.19. The van der Waals surface area contributed by atoms with Gasteiger partial charge in [0.05, 0.1) is 0 Å². The number of nitrogens with zero attached hydrogens (tertiary/aromatic N) is 1. The van der Waals surface area contributed by atoms with E-state index in [-0.39, 0.29) is 34.1 Å². The second kappa shape index (κ2) is 8.18. The lowest BCUT2D eigenvalue weighted by molar-refractivity contribution is -0.122. The third-order valence-corrected chi connectivity index (χ3v) is 5.72. The van der Waals surface area contributed by atoms with E-state index in [9.17, 15) is 14.4 Å². The summed E-state index contributed by atoms with van der Waals surface area (Å²) in [4.78, 5) is 40.9. The van der Waals surface area contributed by atoms with Crippen LogP contribution < -0.4 is 16.2 Å². The van der Waals surface area contributed by atoms with Crippen molar-refractivity contribution in [1.82, 2.24) is 14.9 Å². The van der Waals surface area contributed by atoms with Crippen LogP contribution in [0.15, 0.2) is 41.3 Å². The number of carbonyl (C=O) groups excluding carboxylic acids is 2. The molecule has 3 aromatic rings. The van der Waals surface area contributed by atoms with Crippen LogP contribution in [0, 0.1) is 12.8 Å². The molecular weight excluding hydrogens is 380 g/mol. The molecule has 3 N–H and O–H groups in total. The van der Waals surface area contributed by atoms with Crippen LogP contribution in [0.2, 0.25) is 0 Å². The van der Waals surface area contributed by atoms with Crippen LogP contribution in [-0.2, 0) is 29.1 Å². The third kappa shape index (κ3) is 3.87. The van der Waals surface area contributed by atoms with Crippen molar-refractivity contribution in [2.45, 2.75) is 46.2 Å². The highest BCUT2D eigenvalue weighted by Gasteiger charge is 2.28. The van der Waals surface area contributed by atoms with Gasteiger partial charge in [0.1, 0.15) is 12.2 Å². The molecule has 4 rings (SSSR count). The van der Waals surface area contributed by atoms with E-state index in [1.807, 2.05) is 50.4 Å². The Labute approximate surface area is 178 Å². The highest BCUT2D eigenvalue weighted by Crippen LogP contribution is 2.26. The van der Waals surface area contributed by atoms with Gasteiger partial charge < -0.3 is 20.2 Å². The molecule has 0 aliphatic carbocycles. The molecule has 2 amide bonds. The number of aromatic nitrogens is 2. The summed E-state index contributed by atoms with van der Waals surface area (Å²) < 4.78 is 1.42. The van der Waals surface area contributed by atoms with Crippen molar-refractivity contribution in [1.29, 1.82) is 0 Å². The second-order valence-electron chi connectivity index (χ2n) is 7.93. The number of H-pyrrole nitrogens is 1. The molecule has 30 heavy (non-hydrogen) atoms. The zero-order valence-corrected chi connectivity index (χ0v) is 17.2. The number of aryl methyl sites for hydroxylation is 1. The number of rotatable bonds is 6. The maximum atomic E-state index is 12.9. The van der Waals surface area contributed by atoms with Gasteiger partial charge in [-0.2, -0.15) is 0 Å². The first-order valence-corrected chi connectivity index (χ1v) is 10.3. The smallest absolute Gasteiger partial charge is 0.275 e. The van der Waals surface area contributed by atoms with Gasteiger partial charge in [0, 0.05) is 34.2 Å². The van der Waals surface area contributed by atoms with E-state index in [1.165, 1.54) is 4.57 Å². The number of fused-ring (bicyclic) bond motifs is 2. The van der Waals surface area contributed by atoms with E-state index in [0.29, 0.717) is 24.3 Å². The van der Waals surface area contributed by atoms with Gasteiger partial charge in [0.25, 0.3) is 5.56 Å². The van der Waals surface area contributed by atoms with Gasteiger partial charge in [0.15, 0.2) is 0 Å². The molecule has 0 bridgehead atoms. The number of benzene rings is 1. The summed E-state index contributed by atoms with van der Waals surface area (Å²) in [5.41, 5.74) is 3.59. The quantitative estimate of drug-likeness (QED) is 0.577. The summed E-state index contributed by atoms with van der Waals surface area (Å²) in [6.45, 7) is 4.16.